The van der Waals surface area contributed by atoms with Crippen LogP contribution in [0.15, 0.2) is 69.7 Å². The van der Waals surface area contributed by atoms with Crippen LogP contribution in [-0.2, 0) is 6.61 Å². The third-order valence-electron chi connectivity index (χ3n) is 4.84. The van der Waals surface area contributed by atoms with Crippen molar-refractivity contribution in [3.8, 4) is 0 Å². The second-order valence-corrected chi connectivity index (χ2v) is 6.97. The second kappa shape index (κ2) is 10.5. The van der Waals surface area contributed by atoms with E-state index in [9.17, 15) is 5.11 Å². The van der Waals surface area contributed by atoms with E-state index in [4.69, 9.17) is 10.7 Å². The first kappa shape index (κ1) is 21.4. The van der Waals surface area contributed by atoms with Crippen molar-refractivity contribution in [1.29, 1.82) is 0 Å². The Kier molecular flexibility index (Phi) is 7.45. The van der Waals surface area contributed by atoms with Gasteiger partial charge in [0.25, 0.3) is 0 Å². The zero-order chi connectivity index (χ0) is 21.3. The maximum atomic E-state index is 9.39. The van der Waals surface area contributed by atoms with Crippen LogP contribution in [0.1, 0.15) is 31.4 Å². The third-order valence-corrected chi connectivity index (χ3v) is 4.84. The van der Waals surface area contributed by atoms with Crippen molar-refractivity contribution >= 4 is 29.9 Å². The van der Waals surface area contributed by atoms with Crippen LogP contribution in [0.2, 0.25) is 0 Å². The first-order valence-corrected chi connectivity index (χ1v) is 10.1. The van der Waals surface area contributed by atoms with Gasteiger partial charge in [-0.1, -0.05) is 18.2 Å². The fourth-order valence-corrected chi connectivity index (χ4v) is 3.14. The smallest absolute Gasteiger partial charge is 0.144 e. The van der Waals surface area contributed by atoms with Crippen LogP contribution < -0.4 is 10.6 Å². The van der Waals surface area contributed by atoms with E-state index in [0.29, 0.717) is 18.2 Å². The molecule has 0 bridgehead atoms. The predicted molar refractivity (Wildman–Crippen MR) is 125 cm³/mol. The standard InChI is InChI=1S/C23H28N6O/c1-3-25-16-29(19-11-9-18(15-30)10-12-19)23(20-7-6-14-27-22(20)24)28-17(2)21-8-4-5-13-26-21/h4-7,9-14,16-17,21,30H,3,8,15H2,1-2H3,(H2,24,27)/t17-,21?/m0/s1. The molecule has 2 aromatic rings. The first-order chi connectivity index (χ1) is 14.6. The molecule has 2 heterocycles. The number of nitrogen functional groups attached to an aromatic ring is 1. The number of aliphatic hydroxyl groups is 1. The summed E-state index contributed by atoms with van der Waals surface area (Å²) in [4.78, 5) is 20.2. The Bertz CT molecular complexity index is 948. The lowest BCUT2D eigenvalue weighted by molar-refractivity contribution is 0.282. The van der Waals surface area contributed by atoms with E-state index >= 15 is 0 Å². The highest BCUT2D eigenvalue weighted by molar-refractivity contribution is 6.21. The summed E-state index contributed by atoms with van der Waals surface area (Å²) in [5.41, 5.74) is 8.66. The second-order valence-electron chi connectivity index (χ2n) is 6.97. The minimum Gasteiger partial charge on any atom is -0.392 e. The van der Waals surface area contributed by atoms with Gasteiger partial charge in [0.05, 0.1) is 30.6 Å². The summed E-state index contributed by atoms with van der Waals surface area (Å²) in [5, 5.41) is 9.39. The number of aromatic nitrogens is 1. The van der Waals surface area contributed by atoms with Crippen molar-refractivity contribution < 1.29 is 5.11 Å². The third kappa shape index (κ3) is 5.18. The van der Waals surface area contributed by atoms with Gasteiger partial charge >= 0.3 is 0 Å². The number of aliphatic hydroxyl groups excluding tert-OH is 1. The van der Waals surface area contributed by atoms with Gasteiger partial charge in [-0.15, -0.1) is 0 Å². The van der Waals surface area contributed by atoms with Gasteiger partial charge in [0.2, 0.25) is 0 Å². The highest BCUT2D eigenvalue weighted by atomic mass is 16.3. The zero-order valence-electron chi connectivity index (χ0n) is 17.4. The summed E-state index contributed by atoms with van der Waals surface area (Å²) in [7, 11) is 0. The number of hydrogen-bond acceptors (Lipinski definition) is 6. The Morgan fingerprint density at radius 1 is 1.33 bits per heavy atom. The molecule has 0 saturated carbocycles. The van der Waals surface area contributed by atoms with Gasteiger partial charge in [-0.3, -0.25) is 19.9 Å². The molecule has 0 amide bonds. The largest absolute Gasteiger partial charge is 0.392 e. The number of anilines is 2. The van der Waals surface area contributed by atoms with Crippen LogP contribution >= 0.6 is 0 Å². The molecule has 1 aliphatic rings. The number of nitrogens with two attached hydrogens (primary N) is 1. The van der Waals surface area contributed by atoms with E-state index in [2.05, 4.69) is 28.0 Å². The highest BCUT2D eigenvalue weighted by Crippen LogP contribution is 2.22. The Labute approximate surface area is 177 Å². The fourth-order valence-electron chi connectivity index (χ4n) is 3.14. The van der Waals surface area contributed by atoms with Gasteiger partial charge < -0.3 is 10.8 Å². The Morgan fingerprint density at radius 3 is 2.77 bits per heavy atom. The molecular formula is C23H28N6O. The monoisotopic (exact) mass is 404 g/mol. The van der Waals surface area contributed by atoms with Gasteiger partial charge in [-0.05, 0) is 56.2 Å². The van der Waals surface area contributed by atoms with Gasteiger partial charge in [0.15, 0.2) is 0 Å². The Morgan fingerprint density at radius 2 is 2.13 bits per heavy atom. The number of allylic oxidation sites excluding steroid dienone is 1. The van der Waals surface area contributed by atoms with Crippen LogP contribution in [0.25, 0.3) is 0 Å². The number of aliphatic imine (C=N–C) groups is 3. The summed E-state index contributed by atoms with van der Waals surface area (Å²) >= 11 is 0. The molecule has 7 nitrogen and oxygen atoms in total. The van der Waals surface area contributed by atoms with Crippen LogP contribution in [-0.4, -0.2) is 47.1 Å². The Balaban J connectivity index is 2.09. The number of nitrogens with zero attached hydrogens (tertiary/aromatic N) is 5. The van der Waals surface area contributed by atoms with Crippen molar-refractivity contribution in [2.45, 2.75) is 39.0 Å². The van der Waals surface area contributed by atoms with E-state index < -0.39 is 0 Å². The molecule has 0 radical (unpaired) electrons. The van der Waals surface area contributed by atoms with Crippen LogP contribution in [0, 0.1) is 0 Å². The molecule has 1 aromatic heterocycles. The van der Waals surface area contributed by atoms with Crippen molar-refractivity contribution in [1.82, 2.24) is 4.98 Å². The SMILES string of the molecule is CCN=CN(C(=N[C@@H](C)C1CC=CC=N1)c1cccnc1N)c1ccc(CO)cc1. The quantitative estimate of drug-likeness (QED) is 0.546. The summed E-state index contributed by atoms with van der Waals surface area (Å²) < 4.78 is 0. The van der Waals surface area contributed by atoms with E-state index in [1.165, 1.54) is 0 Å². The van der Waals surface area contributed by atoms with Crippen molar-refractivity contribution in [3.63, 3.8) is 0 Å². The van der Waals surface area contributed by atoms with Crippen LogP contribution in [0.5, 0.6) is 0 Å². The predicted octanol–water partition coefficient (Wildman–Crippen LogP) is 3.25. The maximum absolute atomic E-state index is 9.39. The van der Waals surface area contributed by atoms with Gasteiger partial charge in [0.1, 0.15) is 11.7 Å². The minimum absolute atomic E-state index is 0.00986. The molecule has 1 unspecified atom stereocenters. The lowest BCUT2D eigenvalue weighted by atomic mass is 10.1. The number of hydrogen-bond donors (Lipinski definition) is 2. The van der Waals surface area contributed by atoms with Crippen LogP contribution in [0.3, 0.4) is 0 Å². The number of pyridine rings is 1. The topological polar surface area (TPSA) is 99.5 Å². The van der Waals surface area contributed by atoms with Gasteiger partial charge in [0, 0.05) is 24.6 Å². The molecular weight excluding hydrogens is 376 g/mol. The van der Waals surface area contributed by atoms with Crippen molar-refractivity contribution in [3.05, 3.63) is 65.9 Å². The summed E-state index contributed by atoms with van der Waals surface area (Å²) in [6.45, 7) is 4.65. The summed E-state index contributed by atoms with van der Waals surface area (Å²) in [5.74, 6) is 1.06. The lowest BCUT2D eigenvalue weighted by Gasteiger charge is -2.26. The Hall–Kier alpha value is -3.32. The normalized spacial score (nSPS) is 17.4. The molecule has 3 rings (SSSR count). The maximum Gasteiger partial charge on any atom is 0.144 e. The molecule has 156 valence electrons. The molecule has 0 spiro atoms. The number of benzene rings is 1. The molecule has 0 saturated heterocycles. The van der Waals surface area contributed by atoms with E-state index in [0.717, 1.165) is 23.2 Å². The first-order valence-electron chi connectivity index (χ1n) is 10.1. The summed E-state index contributed by atoms with van der Waals surface area (Å²) in [6.07, 6.45) is 10.1. The van der Waals surface area contributed by atoms with Gasteiger partial charge in [-0.2, -0.15) is 0 Å². The zero-order valence-corrected chi connectivity index (χ0v) is 17.4. The van der Waals surface area contributed by atoms with Crippen molar-refractivity contribution in [2.24, 2.45) is 15.0 Å². The molecule has 3 N–H and O–H groups in total. The van der Waals surface area contributed by atoms with Crippen LogP contribution in [0.4, 0.5) is 11.5 Å². The molecule has 1 aromatic carbocycles. The lowest BCUT2D eigenvalue weighted by Crippen LogP contribution is -2.34. The molecule has 0 fully saturated rings. The van der Waals surface area contributed by atoms with Gasteiger partial charge in [-0.25, -0.2) is 4.98 Å². The number of rotatable bonds is 7. The molecule has 2 atom stereocenters. The average molecular weight is 405 g/mol. The minimum atomic E-state index is -0.0740. The number of amidine groups is 1. The van der Waals surface area contributed by atoms with E-state index in [-0.39, 0.29) is 18.7 Å². The number of dihydropyridines is 1. The summed E-state index contributed by atoms with van der Waals surface area (Å²) in [6, 6.07) is 11.4. The highest BCUT2D eigenvalue weighted by Gasteiger charge is 2.22. The average Bonchev–Trinajstić information content (AvgIpc) is 2.80. The fraction of sp³-hybridized carbons (Fsp3) is 0.304. The molecule has 30 heavy (non-hydrogen) atoms. The molecule has 0 aliphatic carbocycles. The van der Waals surface area contributed by atoms with E-state index in [1.807, 2.05) is 60.5 Å². The molecule has 7 heteroatoms. The molecule has 1 aliphatic heterocycles. The van der Waals surface area contributed by atoms with Crippen molar-refractivity contribution in [2.75, 3.05) is 17.2 Å². The van der Waals surface area contributed by atoms with E-state index in [1.54, 1.807) is 12.5 Å².